The standard InChI is InChI=1S/C24H25N3O5/c1-15-21(16(2)26-22(15)24(30)32-4)20(28)14-27(13-17-6-5-11-25-12-17)23(29)18-7-9-19(31-3)10-8-18/h5-12,26H,13-14H2,1-4H3. The normalized spacial score (nSPS) is 10.5. The highest BCUT2D eigenvalue weighted by molar-refractivity contribution is 6.05. The van der Waals surface area contributed by atoms with Gasteiger partial charge in [0.25, 0.3) is 5.91 Å². The van der Waals surface area contributed by atoms with Crippen LogP contribution in [0.1, 0.15) is 48.0 Å². The number of benzene rings is 1. The minimum absolute atomic E-state index is 0.167. The Labute approximate surface area is 186 Å². The van der Waals surface area contributed by atoms with Gasteiger partial charge >= 0.3 is 5.97 Å². The molecule has 0 atom stereocenters. The highest BCUT2D eigenvalue weighted by Crippen LogP contribution is 2.21. The Morgan fingerprint density at radius 3 is 2.38 bits per heavy atom. The summed E-state index contributed by atoms with van der Waals surface area (Å²) in [5.74, 6) is -0.502. The SMILES string of the molecule is COC(=O)c1[nH]c(C)c(C(=O)CN(Cc2cccnc2)C(=O)c2ccc(OC)cc2)c1C. The van der Waals surface area contributed by atoms with Crippen molar-refractivity contribution in [1.29, 1.82) is 0 Å². The molecule has 0 bridgehead atoms. The summed E-state index contributed by atoms with van der Waals surface area (Å²) in [6.07, 6.45) is 3.30. The van der Waals surface area contributed by atoms with E-state index in [0.29, 0.717) is 28.1 Å². The summed E-state index contributed by atoms with van der Waals surface area (Å²) in [6.45, 7) is 3.43. The lowest BCUT2D eigenvalue weighted by molar-refractivity contribution is 0.0593. The number of H-pyrrole nitrogens is 1. The number of rotatable bonds is 8. The number of aromatic amines is 1. The third-order valence-corrected chi connectivity index (χ3v) is 5.16. The van der Waals surface area contributed by atoms with Gasteiger partial charge in [-0.25, -0.2) is 4.79 Å². The lowest BCUT2D eigenvalue weighted by Crippen LogP contribution is -2.35. The molecule has 0 unspecified atom stereocenters. The molecule has 32 heavy (non-hydrogen) atoms. The first-order chi connectivity index (χ1) is 15.3. The molecule has 3 aromatic rings. The Hall–Kier alpha value is -3.94. The molecular formula is C24H25N3O5. The van der Waals surface area contributed by atoms with Gasteiger partial charge in [-0.3, -0.25) is 14.6 Å². The summed E-state index contributed by atoms with van der Waals surface area (Å²) in [6, 6.07) is 10.3. The predicted octanol–water partition coefficient (Wildman–Crippen LogP) is 3.35. The van der Waals surface area contributed by atoms with Crippen LogP contribution in [0, 0.1) is 13.8 Å². The Kier molecular flexibility index (Phi) is 7.04. The van der Waals surface area contributed by atoms with Gasteiger partial charge < -0.3 is 19.4 Å². The van der Waals surface area contributed by atoms with Crippen molar-refractivity contribution in [1.82, 2.24) is 14.9 Å². The molecule has 0 spiro atoms. The van der Waals surface area contributed by atoms with E-state index >= 15 is 0 Å². The van der Waals surface area contributed by atoms with E-state index in [1.807, 2.05) is 6.07 Å². The summed E-state index contributed by atoms with van der Waals surface area (Å²) >= 11 is 0. The number of Topliss-reactive ketones (excluding diaryl/α,β-unsaturated/α-hetero) is 1. The van der Waals surface area contributed by atoms with Crippen LogP contribution >= 0.6 is 0 Å². The Morgan fingerprint density at radius 1 is 1.06 bits per heavy atom. The fourth-order valence-electron chi connectivity index (χ4n) is 3.55. The van der Waals surface area contributed by atoms with Gasteiger partial charge in [0.05, 0.1) is 20.8 Å². The number of hydrogen-bond donors (Lipinski definition) is 1. The number of pyridine rings is 1. The van der Waals surface area contributed by atoms with Crippen molar-refractivity contribution in [3.05, 3.63) is 82.4 Å². The molecule has 166 valence electrons. The van der Waals surface area contributed by atoms with Crippen molar-refractivity contribution >= 4 is 17.7 Å². The van der Waals surface area contributed by atoms with E-state index in [4.69, 9.17) is 9.47 Å². The minimum Gasteiger partial charge on any atom is -0.497 e. The first-order valence-corrected chi connectivity index (χ1v) is 9.98. The first kappa shape index (κ1) is 22.7. The molecule has 0 saturated carbocycles. The zero-order valence-corrected chi connectivity index (χ0v) is 18.5. The number of carbonyl (C=O) groups is 3. The number of hydrogen-bond acceptors (Lipinski definition) is 6. The molecule has 8 heteroatoms. The number of ether oxygens (including phenoxy) is 2. The van der Waals surface area contributed by atoms with Gasteiger partial charge in [-0.15, -0.1) is 0 Å². The Bertz CT molecular complexity index is 1120. The highest BCUT2D eigenvalue weighted by atomic mass is 16.5. The summed E-state index contributed by atoms with van der Waals surface area (Å²) in [4.78, 5) is 47.0. The first-order valence-electron chi connectivity index (χ1n) is 9.98. The van der Waals surface area contributed by atoms with Crippen molar-refractivity contribution in [3.63, 3.8) is 0 Å². The molecule has 1 aromatic carbocycles. The van der Waals surface area contributed by atoms with Crippen LogP contribution in [0.15, 0.2) is 48.8 Å². The maximum atomic E-state index is 13.3. The lowest BCUT2D eigenvalue weighted by atomic mass is 10.0. The maximum absolute atomic E-state index is 13.3. The largest absolute Gasteiger partial charge is 0.497 e. The molecule has 8 nitrogen and oxygen atoms in total. The number of carbonyl (C=O) groups excluding carboxylic acids is 3. The molecule has 0 fully saturated rings. The van der Waals surface area contributed by atoms with E-state index in [9.17, 15) is 14.4 Å². The summed E-state index contributed by atoms with van der Waals surface area (Å²) in [5.41, 5.74) is 2.88. The Balaban J connectivity index is 1.91. The number of amides is 1. The van der Waals surface area contributed by atoms with Crippen molar-refractivity contribution < 1.29 is 23.9 Å². The number of methoxy groups -OCH3 is 2. The van der Waals surface area contributed by atoms with E-state index in [1.54, 1.807) is 63.7 Å². The van der Waals surface area contributed by atoms with Crippen LogP contribution in [0.3, 0.4) is 0 Å². The second kappa shape index (κ2) is 9.91. The maximum Gasteiger partial charge on any atom is 0.354 e. The molecule has 2 aromatic heterocycles. The number of aromatic nitrogens is 2. The van der Waals surface area contributed by atoms with Gasteiger partial charge in [-0.1, -0.05) is 6.07 Å². The molecule has 0 aliphatic carbocycles. The second-order valence-corrected chi connectivity index (χ2v) is 7.29. The molecule has 1 N–H and O–H groups in total. The van der Waals surface area contributed by atoms with E-state index < -0.39 is 5.97 Å². The van der Waals surface area contributed by atoms with Gasteiger partial charge in [0.15, 0.2) is 5.78 Å². The number of aryl methyl sites for hydroxylation is 1. The summed E-state index contributed by atoms with van der Waals surface area (Å²) in [5, 5.41) is 0. The third-order valence-electron chi connectivity index (χ3n) is 5.16. The molecule has 1 amide bonds. The van der Waals surface area contributed by atoms with E-state index in [0.717, 1.165) is 5.56 Å². The smallest absolute Gasteiger partial charge is 0.354 e. The van der Waals surface area contributed by atoms with Crippen LogP contribution in [0.5, 0.6) is 5.75 Å². The van der Waals surface area contributed by atoms with Gasteiger partial charge in [0.2, 0.25) is 0 Å². The second-order valence-electron chi connectivity index (χ2n) is 7.29. The number of ketones is 1. The van der Waals surface area contributed by atoms with E-state index in [-0.39, 0.29) is 30.5 Å². The van der Waals surface area contributed by atoms with Crippen molar-refractivity contribution in [2.75, 3.05) is 20.8 Å². The zero-order valence-electron chi connectivity index (χ0n) is 18.5. The third kappa shape index (κ3) is 4.85. The van der Waals surface area contributed by atoms with Crippen LogP contribution in [0.2, 0.25) is 0 Å². The van der Waals surface area contributed by atoms with Crippen molar-refractivity contribution in [2.45, 2.75) is 20.4 Å². The molecule has 3 rings (SSSR count). The highest BCUT2D eigenvalue weighted by Gasteiger charge is 2.26. The molecule has 0 aliphatic rings. The molecule has 0 radical (unpaired) electrons. The van der Waals surface area contributed by atoms with Crippen LogP contribution in [0.25, 0.3) is 0 Å². The van der Waals surface area contributed by atoms with Gasteiger partial charge in [-0.05, 0) is 55.3 Å². The van der Waals surface area contributed by atoms with Gasteiger partial charge in [0, 0.05) is 35.8 Å². The monoisotopic (exact) mass is 435 g/mol. The molecule has 0 aliphatic heterocycles. The van der Waals surface area contributed by atoms with E-state index in [2.05, 4.69) is 9.97 Å². The molecule has 2 heterocycles. The Morgan fingerprint density at radius 2 is 1.78 bits per heavy atom. The van der Waals surface area contributed by atoms with Crippen LogP contribution in [0.4, 0.5) is 0 Å². The predicted molar refractivity (Wildman–Crippen MR) is 118 cm³/mol. The average molecular weight is 435 g/mol. The quantitative estimate of drug-likeness (QED) is 0.430. The van der Waals surface area contributed by atoms with Gasteiger partial charge in [-0.2, -0.15) is 0 Å². The number of esters is 1. The summed E-state index contributed by atoms with van der Waals surface area (Å²) < 4.78 is 9.93. The minimum atomic E-state index is -0.550. The van der Waals surface area contributed by atoms with Crippen molar-refractivity contribution in [2.24, 2.45) is 0 Å². The zero-order chi connectivity index (χ0) is 23.3. The van der Waals surface area contributed by atoms with Gasteiger partial charge in [0.1, 0.15) is 11.4 Å². The molecular weight excluding hydrogens is 410 g/mol. The lowest BCUT2D eigenvalue weighted by Gasteiger charge is -2.22. The van der Waals surface area contributed by atoms with Crippen LogP contribution in [-0.4, -0.2) is 53.3 Å². The van der Waals surface area contributed by atoms with Crippen LogP contribution < -0.4 is 4.74 Å². The molecule has 0 saturated heterocycles. The van der Waals surface area contributed by atoms with Crippen LogP contribution in [-0.2, 0) is 11.3 Å². The topological polar surface area (TPSA) is 102 Å². The fraction of sp³-hybridized carbons (Fsp3) is 0.250. The number of nitrogens with one attached hydrogen (secondary N) is 1. The van der Waals surface area contributed by atoms with Crippen molar-refractivity contribution in [3.8, 4) is 5.75 Å². The number of nitrogens with zero attached hydrogens (tertiary/aromatic N) is 2. The average Bonchev–Trinajstić information content (AvgIpc) is 3.12. The fourth-order valence-corrected chi connectivity index (χ4v) is 3.55. The van der Waals surface area contributed by atoms with E-state index in [1.165, 1.54) is 12.0 Å². The summed E-state index contributed by atoms with van der Waals surface area (Å²) in [7, 11) is 2.83.